The summed E-state index contributed by atoms with van der Waals surface area (Å²) in [6, 6.07) is 0.679. The Kier molecular flexibility index (Phi) is 6.76. The second-order valence-corrected chi connectivity index (χ2v) is 6.63. The number of ether oxygens (including phenoxy) is 1. The standard InChI is InChI=1S/C15H27N3OS/c1-18(13-7-5-3-4-6-8-13)15-17-12-14(20-15)11-16-9-10-19-2/h12-13,16H,3-11H2,1-2H3. The zero-order chi connectivity index (χ0) is 14.2. The lowest BCUT2D eigenvalue weighted by Gasteiger charge is -2.26. The van der Waals surface area contributed by atoms with Crippen LogP contribution in [0.25, 0.3) is 0 Å². The Morgan fingerprint density at radius 2 is 2.10 bits per heavy atom. The number of hydrogen-bond acceptors (Lipinski definition) is 5. The van der Waals surface area contributed by atoms with Gasteiger partial charge in [-0.3, -0.25) is 0 Å². The fourth-order valence-electron chi connectivity index (χ4n) is 2.73. The van der Waals surface area contributed by atoms with Gasteiger partial charge in [-0.1, -0.05) is 25.7 Å². The first-order chi connectivity index (χ1) is 9.81. The summed E-state index contributed by atoms with van der Waals surface area (Å²) in [5.74, 6) is 0. The predicted molar refractivity (Wildman–Crippen MR) is 85.6 cm³/mol. The van der Waals surface area contributed by atoms with E-state index in [-0.39, 0.29) is 0 Å². The van der Waals surface area contributed by atoms with Crippen molar-refractivity contribution in [3.8, 4) is 0 Å². The van der Waals surface area contributed by atoms with Gasteiger partial charge in [0.05, 0.1) is 6.61 Å². The van der Waals surface area contributed by atoms with Gasteiger partial charge in [-0.05, 0) is 12.8 Å². The molecular weight excluding hydrogens is 270 g/mol. The van der Waals surface area contributed by atoms with Gasteiger partial charge in [0.2, 0.25) is 0 Å². The topological polar surface area (TPSA) is 37.4 Å². The van der Waals surface area contributed by atoms with Crippen molar-refractivity contribution in [1.82, 2.24) is 10.3 Å². The van der Waals surface area contributed by atoms with Crippen LogP contribution < -0.4 is 10.2 Å². The summed E-state index contributed by atoms with van der Waals surface area (Å²) in [6.45, 7) is 2.54. The molecule has 1 saturated carbocycles. The Labute approximate surface area is 126 Å². The van der Waals surface area contributed by atoms with Gasteiger partial charge < -0.3 is 15.0 Å². The van der Waals surface area contributed by atoms with Crippen LogP contribution in [0, 0.1) is 0 Å². The third kappa shape index (κ3) is 4.72. The lowest BCUT2D eigenvalue weighted by Crippen LogP contribution is -2.30. The van der Waals surface area contributed by atoms with Crippen molar-refractivity contribution in [3.63, 3.8) is 0 Å². The molecule has 0 amide bonds. The normalized spacial score (nSPS) is 17.1. The molecule has 0 aliphatic heterocycles. The zero-order valence-electron chi connectivity index (χ0n) is 12.7. The molecule has 0 aromatic carbocycles. The van der Waals surface area contributed by atoms with E-state index in [1.54, 1.807) is 7.11 Å². The zero-order valence-corrected chi connectivity index (χ0v) is 13.5. The number of rotatable bonds is 7. The van der Waals surface area contributed by atoms with Crippen molar-refractivity contribution in [2.24, 2.45) is 0 Å². The highest BCUT2D eigenvalue weighted by molar-refractivity contribution is 7.15. The molecule has 0 bridgehead atoms. The van der Waals surface area contributed by atoms with Gasteiger partial charge in [0.15, 0.2) is 5.13 Å². The summed E-state index contributed by atoms with van der Waals surface area (Å²) >= 11 is 1.81. The summed E-state index contributed by atoms with van der Waals surface area (Å²) in [5.41, 5.74) is 0. The fraction of sp³-hybridized carbons (Fsp3) is 0.800. The van der Waals surface area contributed by atoms with Crippen molar-refractivity contribution < 1.29 is 4.74 Å². The molecule has 4 nitrogen and oxygen atoms in total. The molecule has 1 heterocycles. The van der Waals surface area contributed by atoms with Crippen molar-refractivity contribution in [2.45, 2.75) is 51.1 Å². The third-order valence-corrected chi connectivity index (χ3v) is 5.09. The van der Waals surface area contributed by atoms with E-state index in [9.17, 15) is 0 Å². The lowest BCUT2D eigenvalue weighted by atomic mass is 10.1. The Balaban J connectivity index is 1.83. The molecule has 1 aromatic rings. The monoisotopic (exact) mass is 297 g/mol. The quantitative estimate of drug-likeness (QED) is 0.620. The minimum Gasteiger partial charge on any atom is -0.383 e. The summed E-state index contributed by atoms with van der Waals surface area (Å²) in [5, 5.41) is 4.54. The summed E-state index contributed by atoms with van der Waals surface area (Å²) in [7, 11) is 3.94. The maximum absolute atomic E-state index is 5.03. The van der Waals surface area contributed by atoms with Gasteiger partial charge in [0.25, 0.3) is 0 Å². The number of anilines is 1. The van der Waals surface area contributed by atoms with E-state index in [2.05, 4.69) is 22.2 Å². The van der Waals surface area contributed by atoms with Crippen molar-refractivity contribution in [3.05, 3.63) is 11.1 Å². The number of methoxy groups -OCH3 is 1. The van der Waals surface area contributed by atoms with Gasteiger partial charge in [0.1, 0.15) is 0 Å². The Morgan fingerprint density at radius 3 is 2.80 bits per heavy atom. The van der Waals surface area contributed by atoms with E-state index < -0.39 is 0 Å². The summed E-state index contributed by atoms with van der Waals surface area (Å²) < 4.78 is 5.03. The second kappa shape index (κ2) is 8.60. The fourth-order valence-corrected chi connectivity index (χ4v) is 3.64. The minimum atomic E-state index is 0.679. The molecule has 0 saturated heterocycles. The van der Waals surface area contributed by atoms with Crippen molar-refractivity contribution in [1.29, 1.82) is 0 Å². The number of aromatic nitrogens is 1. The molecule has 0 atom stereocenters. The molecule has 1 aliphatic rings. The van der Waals surface area contributed by atoms with Crippen LogP contribution in [0.2, 0.25) is 0 Å². The molecule has 2 rings (SSSR count). The van der Waals surface area contributed by atoms with Gasteiger partial charge in [-0.25, -0.2) is 4.98 Å². The third-order valence-electron chi connectivity index (χ3n) is 4.00. The molecule has 0 unspecified atom stereocenters. The van der Waals surface area contributed by atoms with Gasteiger partial charge in [0, 0.05) is 44.4 Å². The van der Waals surface area contributed by atoms with Gasteiger partial charge in [-0.15, -0.1) is 11.3 Å². The molecule has 1 aromatic heterocycles. The SMILES string of the molecule is COCCNCc1cnc(N(C)C2CCCCCC2)s1. The van der Waals surface area contributed by atoms with Crippen LogP contribution in [-0.2, 0) is 11.3 Å². The van der Waals surface area contributed by atoms with E-state index in [1.807, 2.05) is 17.5 Å². The minimum absolute atomic E-state index is 0.679. The number of nitrogens with zero attached hydrogens (tertiary/aromatic N) is 2. The van der Waals surface area contributed by atoms with Crippen LogP contribution in [0.4, 0.5) is 5.13 Å². The first kappa shape index (κ1) is 15.7. The van der Waals surface area contributed by atoms with Crippen LogP contribution in [-0.4, -0.2) is 38.3 Å². The summed E-state index contributed by atoms with van der Waals surface area (Å²) in [6.07, 6.45) is 10.2. The molecule has 1 fully saturated rings. The first-order valence-corrected chi connectivity index (χ1v) is 8.50. The number of hydrogen-bond donors (Lipinski definition) is 1. The molecule has 0 spiro atoms. The van der Waals surface area contributed by atoms with E-state index in [0.717, 1.165) is 19.7 Å². The average Bonchev–Trinajstić information content (AvgIpc) is 2.76. The maximum Gasteiger partial charge on any atom is 0.185 e. The number of nitrogens with one attached hydrogen (secondary N) is 1. The maximum atomic E-state index is 5.03. The number of thiazole rings is 1. The molecule has 0 radical (unpaired) electrons. The summed E-state index contributed by atoms with van der Waals surface area (Å²) in [4.78, 5) is 8.29. The van der Waals surface area contributed by atoms with Crippen molar-refractivity contribution in [2.75, 3.05) is 32.2 Å². The van der Waals surface area contributed by atoms with Crippen LogP contribution >= 0.6 is 11.3 Å². The second-order valence-electron chi connectivity index (χ2n) is 5.54. The van der Waals surface area contributed by atoms with Crippen molar-refractivity contribution >= 4 is 16.5 Å². The Hall–Kier alpha value is -0.650. The molecule has 5 heteroatoms. The first-order valence-electron chi connectivity index (χ1n) is 7.68. The van der Waals surface area contributed by atoms with E-state index >= 15 is 0 Å². The van der Waals surface area contributed by atoms with E-state index in [1.165, 1.54) is 48.5 Å². The lowest BCUT2D eigenvalue weighted by molar-refractivity contribution is 0.199. The van der Waals surface area contributed by atoms with Gasteiger partial charge >= 0.3 is 0 Å². The Bertz CT molecular complexity index is 375. The van der Waals surface area contributed by atoms with Crippen LogP contribution in [0.15, 0.2) is 6.20 Å². The predicted octanol–water partition coefficient (Wildman–Crippen LogP) is 3.04. The van der Waals surface area contributed by atoms with E-state index in [0.29, 0.717) is 6.04 Å². The van der Waals surface area contributed by atoms with E-state index in [4.69, 9.17) is 4.74 Å². The largest absolute Gasteiger partial charge is 0.383 e. The Morgan fingerprint density at radius 1 is 1.35 bits per heavy atom. The molecular formula is C15H27N3OS. The smallest absolute Gasteiger partial charge is 0.185 e. The average molecular weight is 297 g/mol. The molecule has 114 valence electrons. The molecule has 1 aliphatic carbocycles. The molecule has 20 heavy (non-hydrogen) atoms. The molecule has 1 N–H and O–H groups in total. The van der Waals surface area contributed by atoms with Crippen LogP contribution in [0.3, 0.4) is 0 Å². The van der Waals surface area contributed by atoms with Gasteiger partial charge in [-0.2, -0.15) is 0 Å². The highest BCUT2D eigenvalue weighted by Gasteiger charge is 2.19. The van der Waals surface area contributed by atoms with Crippen LogP contribution in [0.1, 0.15) is 43.4 Å². The highest BCUT2D eigenvalue weighted by Crippen LogP contribution is 2.28. The highest BCUT2D eigenvalue weighted by atomic mass is 32.1. The van der Waals surface area contributed by atoms with Crippen LogP contribution in [0.5, 0.6) is 0 Å².